The Labute approximate surface area is 423 Å². The third-order valence-corrected chi connectivity index (χ3v) is 15.8. The highest BCUT2D eigenvalue weighted by molar-refractivity contribution is 6.06. The molecule has 5 aromatic carbocycles. The van der Waals surface area contributed by atoms with Gasteiger partial charge in [0.25, 0.3) is 0 Å². The van der Waals surface area contributed by atoms with Crippen molar-refractivity contribution in [3.8, 4) is 41.0 Å². The maximum atomic E-state index is 18.6. The van der Waals surface area contributed by atoms with E-state index in [2.05, 4.69) is 20.6 Å². The number of amides is 1. The Morgan fingerprint density at radius 3 is 2.25 bits per heavy atom. The highest BCUT2D eigenvalue weighted by atomic mass is 19.1. The summed E-state index contributed by atoms with van der Waals surface area (Å²) in [6.07, 6.45) is 9.30. The number of hydrogen-bond acceptors (Lipinski definition) is 10. The number of hydrogen-bond donors (Lipinski definition) is 0. The summed E-state index contributed by atoms with van der Waals surface area (Å²) in [5.74, 6) is 1.71. The van der Waals surface area contributed by atoms with Gasteiger partial charge in [-0.2, -0.15) is 9.97 Å². The van der Waals surface area contributed by atoms with E-state index < -0.39 is 40.3 Å². The van der Waals surface area contributed by atoms with E-state index in [1.54, 1.807) is 26.4 Å². The van der Waals surface area contributed by atoms with Crippen molar-refractivity contribution in [3.63, 3.8) is 0 Å². The monoisotopic (exact) mass is 996 g/mol. The molecule has 0 unspecified atom stereocenters. The van der Waals surface area contributed by atoms with Crippen LogP contribution in [0.3, 0.4) is 0 Å². The Balaban J connectivity index is 1.10. The largest absolute Gasteiger partial charge is 0.497 e. The number of piperazine rings is 1. The van der Waals surface area contributed by atoms with E-state index in [0.717, 1.165) is 43.4 Å². The molecule has 380 valence electrons. The third kappa shape index (κ3) is 8.79. The maximum absolute atomic E-state index is 18.6. The summed E-state index contributed by atoms with van der Waals surface area (Å²) in [4.78, 5) is 31.9. The fourth-order valence-electron chi connectivity index (χ4n) is 12.5. The minimum atomic E-state index is -1.01. The second-order valence-corrected chi connectivity index (χ2v) is 21.4. The average Bonchev–Trinajstić information content (AvgIpc) is 4.02. The number of rotatable bonds is 11. The number of nitrogens with zero attached hydrogens (tertiary/aromatic N) is 6. The number of halogens is 4. The second-order valence-electron chi connectivity index (χ2n) is 21.4. The number of aryl methyl sites for hydroxylation is 1. The molecule has 11 rings (SSSR count). The maximum Gasteiger partial charge on any atom is 0.410 e. The lowest BCUT2D eigenvalue weighted by atomic mass is 9.87. The van der Waals surface area contributed by atoms with Crippen molar-refractivity contribution in [3.05, 3.63) is 113 Å². The predicted molar refractivity (Wildman–Crippen MR) is 274 cm³/mol. The molecule has 1 amide bonds. The summed E-state index contributed by atoms with van der Waals surface area (Å²) in [6.45, 7) is 7.77. The van der Waals surface area contributed by atoms with Crippen molar-refractivity contribution >= 4 is 39.3 Å². The van der Waals surface area contributed by atoms with Gasteiger partial charge in [0.2, 0.25) is 0 Å². The van der Waals surface area contributed by atoms with Crippen molar-refractivity contribution in [2.45, 2.75) is 121 Å². The molecule has 5 aliphatic rings. The van der Waals surface area contributed by atoms with Crippen molar-refractivity contribution < 1.29 is 41.3 Å². The van der Waals surface area contributed by atoms with Crippen LogP contribution in [0.2, 0.25) is 0 Å². The summed E-state index contributed by atoms with van der Waals surface area (Å²) in [5, 5.41) is 0.878. The van der Waals surface area contributed by atoms with Gasteiger partial charge in [-0.25, -0.2) is 22.4 Å². The Bertz CT molecular complexity index is 3110. The average molecular weight is 997 g/mol. The van der Waals surface area contributed by atoms with Crippen molar-refractivity contribution in [2.75, 3.05) is 50.3 Å². The molecule has 0 aliphatic carbocycles. The molecule has 0 saturated carbocycles. The van der Waals surface area contributed by atoms with Gasteiger partial charge in [0.05, 0.1) is 54.4 Å². The first-order valence-corrected chi connectivity index (χ1v) is 25.4. The lowest BCUT2D eigenvalue weighted by molar-refractivity contribution is 0.00699. The summed E-state index contributed by atoms with van der Waals surface area (Å²) in [5.41, 5.74) is 0.800. The molecule has 2 bridgehead atoms. The molecular weight excluding hydrogens is 937 g/mol. The van der Waals surface area contributed by atoms with Crippen LogP contribution in [0.25, 0.3) is 32.8 Å². The molecule has 0 N–H and O–H groups in total. The number of anilines is 2. The van der Waals surface area contributed by atoms with Gasteiger partial charge in [0.1, 0.15) is 52.8 Å². The van der Waals surface area contributed by atoms with Crippen LogP contribution in [-0.2, 0) is 24.2 Å². The van der Waals surface area contributed by atoms with Crippen molar-refractivity contribution in [2.24, 2.45) is 0 Å². The fourth-order valence-corrected chi connectivity index (χ4v) is 12.5. The van der Waals surface area contributed by atoms with Gasteiger partial charge in [0, 0.05) is 49.2 Å². The zero-order valence-corrected chi connectivity index (χ0v) is 42.0. The zero-order chi connectivity index (χ0) is 50.9. The number of carbonyl (C=O) groups is 1. The summed E-state index contributed by atoms with van der Waals surface area (Å²) >= 11 is 0. The van der Waals surface area contributed by atoms with Crippen LogP contribution in [0.1, 0.15) is 88.0 Å². The Kier molecular flexibility index (Phi) is 12.6. The standard InChI is InChI=1S/C58H60F4N6O5/c1-7-42-45(60)22-16-36-26-39(65(29-34-12-18-40(70-5)19-13-34)30-35-14-20-41(71-6)21-15-35)27-44(48(36)42)49-51(61)43-10-8-11-46-47-23-17-38(68(47)56(69)73-57(2,3)4)32-67(46)54-50(43)53(52(49)62)63-55(64-54)72-33-58-24-9-25-66(58)31-37(59)28-58/h1,12-16,18-22,26-27,37-38,46-47H,8-11,17,23-25,28-33H2,2-6H3/t37-,38-,46-,47+,58+/m1/s1. The number of methoxy groups -OCH3 is 2. The van der Waals surface area contributed by atoms with E-state index in [1.807, 2.05) is 80.3 Å². The fraction of sp³-hybridized carbons (Fsp3) is 0.431. The lowest BCUT2D eigenvalue weighted by Crippen LogP contribution is -2.62. The molecule has 0 spiro atoms. The van der Waals surface area contributed by atoms with E-state index in [9.17, 15) is 4.79 Å². The van der Waals surface area contributed by atoms with Gasteiger partial charge in [-0.1, -0.05) is 36.3 Å². The van der Waals surface area contributed by atoms with E-state index in [1.165, 1.54) is 6.07 Å². The normalized spacial score (nSPS) is 22.4. The molecule has 4 saturated heterocycles. The number of benzene rings is 5. The Hall–Kier alpha value is -6.79. The summed E-state index contributed by atoms with van der Waals surface area (Å²) < 4.78 is 91.5. The molecule has 15 heteroatoms. The van der Waals surface area contributed by atoms with Crippen LogP contribution >= 0.6 is 0 Å². The van der Waals surface area contributed by atoms with Crippen LogP contribution < -0.4 is 24.0 Å². The van der Waals surface area contributed by atoms with Crippen LogP contribution in [0.4, 0.5) is 33.9 Å². The third-order valence-electron chi connectivity index (χ3n) is 15.8. The quantitative estimate of drug-likeness (QED) is 0.0923. The van der Waals surface area contributed by atoms with Gasteiger partial charge in [0.15, 0.2) is 5.82 Å². The molecule has 73 heavy (non-hydrogen) atoms. The molecular formula is C58H60F4N6O5. The highest BCUT2D eigenvalue weighted by Crippen LogP contribution is 2.49. The van der Waals surface area contributed by atoms with Crippen molar-refractivity contribution in [1.82, 2.24) is 19.8 Å². The van der Waals surface area contributed by atoms with E-state index >= 15 is 17.6 Å². The molecule has 6 aromatic rings. The first-order valence-electron chi connectivity index (χ1n) is 25.4. The van der Waals surface area contributed by atoms with E-state index in [0.29, 0.717) is 73.8 Å². The smallest absolute Gasteiger partial charge is 0.410 e. The second kappa shape index (κ2) is 18.9. The predicted octanol–water partition coefficient (Wildman–Crippen LogP) is 11.3. The van der Waals surface area contributed by atoms with Crippen LogP contribution in [0.15, 0.2) is 72.8 Å². The van der Waals surface area contributed by atoms with Crippen LogP contribution in [0.5, 0.6) is 17.5 Å². The molecule has 5 atom stereocenters. The van der Waals surface area contributed by atoms with Gasteiger partial charge < -0.3 is 28.7 Å². The number of aromatic nitrogens is 2. The first-order chi connectivity index (χ1) is 35.1. The van der Waals surface area contributed by atoms with Gasteiger partial charge in [-0.05, 0) is 137 Å². The van der Waals surface area contributed by atoms with Crippen LogP contribution in [0, 0.1) is 29.8 Å². The first kappa shape index (κ1) is 48.5. The summed E-state index contributed by atoms with van der Waals surface area (Å²) in [6, 6.07) is 20.9. The highest BCUT2D eigenvalue weighted by Gasteiger charge is 2.52. The van der Waals surface area contributed by atoms with Gasteiger partial charge in [-0.15, -0.1) is 6.42 Å². The molecule has 4 fully saturated rings. The molecule has 5 aliphatic heterocycles. The Morgan fingerprint density at radius 2 is 1.58 bits per heavy atom. The summed E-state index contributed by atoms with van der Waals surface area (Å²) in [7, 11) is 3.21. The minimum absolute atomic E-state index is 0.0644. The van der Waals surface area contributed by atoms with Gasteiger partial charge in [-0.3, -0.25) is 9.80 Å². The van der Waals surface area contributed by atoms with Gasteiger partial charge >= 0.3 is 12.1 Å². The molecule has 1 aromatic heterocycles. The SMILES string of the molecule is C#Cc1c(F)ccc2cc(N(Cc3ccc(OC)cc3)Cc3ccc(OC)cc3)cc(-c3c(F)c4c5c(nc(OC[C@@]67CCCN6C[C@H](F)C7)nc5c3F)N3C[C@H]5CC[C@@H]([C@H]3CCC4)N5C(=O)OC(C)(C)C)c12. The number of fused-ring (bicyclic) bond motifs is 7. The molecule has 11 nitrogen and oxygen atoms in total. The minimum Gasteiger partial charge on any atom is -0.497 e. The molecule has 6 heterocycles. The number of carbonyl (C=O) groups excluding carboxylic acids is 1. The number of ether oxygens (including phenoxy) is 4. The lowest BCUT2D eigenvalue weighted by Gasteiger charge is -2.48. The number of terminal acetylenes is 1. The Morgan fingerprint density at radius 1 is 0.863 bits per heavy atom. The van der Waals surface area contributed by atoms with E-state index in [-0.39, 0.29) is 76.2 Å². The number of alkyl halides is 1. The topological polar surface area (TPSA) is 92.7 Å². The van der Waals surface area contributed by atoms with E-state index in [4.69, 9.17) is 35.3 Å². The zero-order valence-electron chi connectivity index (χ0n) is 42.0. The van der Waals surface area contributed by atoms with Crippen molar-refractivity contribution in [1.29, 1.82) is 0 Å². The molecule has 0 radical (unpaired) electrons. The van der Waals surface area contributed by atoms with Crippen LogP contribution in [-0.4, -0.2) is 102 Å².